The number of esters is 2. The zero-order chi connectivity index (χ0) is 22.6. The molecule has 0 aromatic carbocycles. The molecule has 0 radical (unpaired) electrons. The standard InChI is InChI=1S/C19H31BrO8Si/c1-19(2,3)29(7,8)28-15-11(13(16(21)24-4)17(22)25-5)9-10-12(14(15)20)27-18(23)26-6/h9-15H,1-8H3/t11-,12+,14-,15+/m0/s1. The van der Waals surface area contributed by atoms with Gasteiger partial charge in [0.1, 0.15) is 6.10 Å². The monoisotopic (exact) mass is 494 g/mol. The fourth-order valence-corrected chi connectivity index (χ4v) is 5.02. The summed E-state index contributed by atoms with van der Waals surface area (Å²) < 4.78 is 26.1. The van der Waals surface area contributed by atoms with Gasteiger partial charge in [0.2, 0.25) is 0 Å². The van der Waals surface area contributed by atoms with E-state index in [0.29, 0.717) is 0 Å². The SMILES string of the molecule is COC(=O)O[C@@H]1C=C[C@@H](C(C(=O)OC)C(=O)OC)[C@@H](O[Si](C)(C)C(C)(C)C)[C@H]1Br. The van der Waals surface area contributed by atoms with E-state index in [9.17, 15) is 14.4 Å². The second-order valence-corrected chi connectivity index (χ2v) is 14.1. The van der Waals surface area contributed by atoms with Crippen LogP contribution in [0.1, 0.15) is 20.8 Å². The number of carbonyl (C=O) groups excluding carboxylic acids is 3. The Hall–Kier alpha value is -1.39. The summed E-state index contributed by atoms with van der Waals surface area (Å²) in [6, 6.07) is 0. The quantitative estimate of drug-likeness (QED) is 0.138. The summed E-state index contributed by atoms with van der Waals surface area (Å²) in [6.45, 7) is 10.4. The second-order valence-electron chi connectivity index (χ2n) is 8.31. The van der Waals surface area contributed by atoms with Crippen molar-refractivity contribution in [2.24, 2.45) is 11.8 Å². The fraction of sp³-hybridized carbons (Fsp3) is 0.737. The molecule has 0 aromatic rings. The number of rotatable bonds is 6. The molecular formula is C19H31BrO8Si. The molecule has 0 N–H and O–H groups in total. The number of ether oxygens (including phenoxy) is 4. The maximum absolute atomic E-state index is 12.4. The Morgan fingerprint density at radius 3 is 1.90 bits per heavy atom. The van der Waals surface area contributed by atoms with Gasteiger partial charge in [-0.25, -0.2) is 4.79 Å². The summed E-state index contributed by atoms with van der Waals surface area (Å²) in [5.41, 5.74) is 0. The summed E-state index contributed by atoms with van der Waals surface area (Å²) in [4.78, 5) is 35.9. The van der Waals surface area contributed by atoms with Crippen LogP contribution in [0.3, 0.4) is 0 Å². The maximum Gasteiger partial charge on any atom is 0.508 e. The summed E-state index contributed by atoms with van der Waals surface area (Å²) in [5.74, 6) is -3.33. The number of hydrogen-bond acceptors (Lipinski definition) is 8. The predicted molar refractivity (Wildman–Crippen MR) is 112 cm³/mol. The van der Waals surface area contributed by atoms with Gasteiger partial charge in [-0.2, -0.15) is 0 Å². The third-order valence-corrected chi connectivity index (χ3v) is 11.0. The van der Waals surface area contributed by atoms with Gasteiger partial charge >= 0.3 is 18.1 Å². The molecule has 1 aliphatic carbocycles. The van der Waals surface area contributed by atoms with Crippen LogP contribution in [0.2, 0.25) is 18.1 Å². The van der Waals surface area contributed by atoms with E-state index in [4.69, 9.17) is 18.6 Å². The first-order chi connectivity index (χ1) is 13.3. The molecule has 0 aromatic heterocycles. The van der Waals surface area contributed by atoms with Crippen LogP contribution in [0.25, 0.3) is 0 Å². The summed E-state index contributed by atoms with van der Waals surface area (Å²) in [7, 11) is 1.31. The summed E-state index contributed by atoms with van der Waals surface area (Å²) >= 11 is 3.56. The Labute approximate surface area is 181 Å². The third-order valence-electron chi connectivity index (χ3n) is 5.46. The highest BCUT2D eigenvalue weighted by atomic mass is 79.9. The lowest BCUT2D eigenvalue weighted by molar-refractivity contribution is -0.162. The molecule has 1 rings (SSSR count). The van der Waals surface area contributed by atoms with Crippen LogP contribution in [-0.4, -0.2) is 64.8 Å². The van der Waals surface area contributed by atoms with Gasteiger partial charge in [0.15, 0.2) is 14.2 Å². The molecule has 166 valence electrons. The highest BCUT2D eigenvalue weighted by molar-refractivity contribution is 9.09. The van der Waals surface area contributed by atoms with E-state index in [-0.39, 0.29) is 5.04 Å². The fourth-order valence-electron chi connectivity index (χ4n) is 2.74. The first kappa shape index (κ1) is 25.6. The molecule has 29 heavy (non-hydrogen) atoms. The zero-order valence-corrected chi connectivity index (χ0v) is 20.8. The van der Waals surface area contributed by atoms with Gasteiger partial charge in [-0.3, -0.25) is 9.59 Å². The van der Waals surface area contributed by atoms with Gasteiger partial charge in [-0.1, -0.05) is 42.8 Å². The number of methoxy groups -OCH3 is 3. The first-order valence-electron chi connectivity index (χ1n) is 9.21. The second kappa shape index (κ2) is 10.1. The van der Waals surface area contributed by atoms with Crippen molar-refractivity contribution in [3.8, 4) is 0 Å². The van der Waals surface area contributed by atoms with Crippen molar-refractivity contribution in [3.63, 3.8) is 0 Å². The minimum Gasteiger partial charge on any atom is -0.468 e. The van der Waals surface area contributed by atoms with Crippen LogP contribution in [0, 0.1) is 11.8 Å². The maximum atomic E-state index is 12.4. The molecule has 0 saturated heterocycles. The van der Waals surface area contributed by atoms with Crippen LogP contribution < -0.4 is 0 Å². The Kier molecular flexibility index (Phi) is 8.91. The van der Waals surface area contributed by atoms with Crippen molar-refractivity contribution in [3.05, 3.63) is 12.2 Å². The molecule has 0 heterocycles. The predicted octanol–water partition coefficient (Wildman–Crippen LogP) is 3.44. The van der Waals surface area contributed by atoms with Crippen LogP contribution in [0.15, 0.2) is 12.2 Å². The van der Waals surface area contributed by atoms with Crippen molar-refractivity contribution < 1.29 is 37.8 Å². The molecule has 1 aliphatic rings. The van der Waals surface area contributed by atoms with Gasteiger partial charge in [-0.05, 0) is 24.2 Å². The summed E-state index contributed by atoms with van der Waals surface area (Å²) in [6.07, 6.45) is 1.04. The van der Waals surface area contributed by atoms with Crippen molar-refractivity contribution in [1.82, 2.24) is 0 Å². The first-order valence-corrected chi connectivity index (χ1v) is 13.0. The molecule has 4 atom stereocenters. The minimum absolute atomic E-state index is 0.129. The molecule has 8 nitrogen and oxygen atoms in total. The Balaban J connectivity index is 3.41. The lowest BCUT2D eigenvalue weighted by Crippen LogP contribution is -2.55. The number of halogens is 1. The lowest BCUT2D eigenvalue weighted by atomic mass is 9.81. The van der Waals surface area contributed by atoms with E-state index >= 15 is 0 Å². The normalized spacial score (nSPS) is 24.8. The van der Waals surface area contributed by atoms with Crippen molar-refractivity contribution in [1.29, 1.82) is 0 Å². The van der Waals surface area contributed by atoms with Crippen molar-refractivity contribution in [2.45, 2.75) is 55.9 Å². The molecule has 0 aliphatic heterocycles. The highest BCUT2D eigenvalue weighted by Gasteiger charge is 2.50. The van der Waals surface area contributed by atoms with Gasteiger partial charge in [0, 0.05) is 5.92 Å². The zero-order valence-electron chi connectivity index (χ0n) is 18.2. The minimum atomic E-state index is -2.33. The van der Waals surface area contributed by atoms with Crippen molar-refractivity contribution >= 4 is 42.3 Å². The number of carbonyl (C=O) groups is 3. The number of hydrogen-bond donors (Lipinski definition) is 0. The van der Waals surface area contributed by atoms with Gasteiger partial charge < -0.3 is 23.4 Å². The van der Waals surface area contributed by atoms with Crippen LogP contribution in [-0.2, 0) is 33.0 Å². The van der Waals surface area contributed by atoms with E-state index < -0.39 is 55.3 Å². The Morgan fingerprint density at radius 1 is 0.966 bits per heavy atom. The van der Waals surface area contributed by atoms with Crippen LogP contribution in [0.4, 0.5) is 4.79 Å². The van der Waals surface area contributed by atoms with Crippen LogP contribution >= 0.6 is 15.9 Å². The molecular weight excluding hydrogens is 464 g/mol. The van der Waals surface area contributed by atoms with E-state index in [2.05, 4.69) is 54.5 Å². The molecule has 0 saturated carbocycles. The van der Waals surface area contributed by atoms with Crippen LogP contribution in [0.5, 0.6) is 0 Å². The van der Waals surface area contributed by atoms with Gasteiger partial charge in [0.05, 0.1) is 32.3 Å². The van der Waals surface area contributed by atoms with Gasteiger partial charge in [-0.15, -0.1) is 0 Å². The molecule has 0 spiro atoms. The molecule has 10 heteroatoms. The van der Waals surface area contributed by atoms with Gasteiger partial charge in [0.25, 0.3) is 0 Å². The average Bonchev–Trinajstić information content (AvgIpc) is 2.64. The smallest absolute Gasteiger partial charge is 0.468 e. The Bertz CT molecular complexity index is 627. The number of alkyl halides is 1. The van der Waals surface area contributed by atoms with E-state index in [1.165, 1.54) is 21.3 Å². The van der Waals surface area contributed by atoms with Crippen molar-refractivity contribution in [2.75, 3.05) is 21.3 Å². The van der Waals surface area contributed by atoms with E-state index in [1.54, 1.807) is 12.2 Å². The third kappa shape index (κ3) is 6.05. The summed E-state index contributed by atoms with van der Waals surface area (Å²) in [5, 5.41) is -0.129. The molecule has 0 fully saturated rings. The molecule has 0 bridgehead atoms. The highest BCUT2D eigenvalue weighted by Crippen LogP contribution is 2.42. The van der Waals surface area contributed by atoms with E-state index in [1.807, 2.05) is 0 Å². The Morgan fingerprint density at radius 2 is 1.48 bits per heavy atom. The van der Waals surface area contributed by atoms with E-state index in [0.717, 1.165) is 0 Å². The molecule has 0 unspecified atom stereocenters. The average molecular weight is 495 g/mol. The largest absolute Gasteiger partial charge is 0.508 e. The molecule has 0 amide bonds. The topological polar surface area (TPSA) is 97.4 Å². The lowest BCUT2D eigenvalue weighted by Gasteiger charge is -2.45.